The van der Waals surface area contributed by atoms with Crippen LogP contribution >= 0.6 is 24.0 Å². The van der Waals surface area contributed by atoms with Crippen molar-refractivity contribution >= 4 is 29.9 Å². The van der Waals surface area contributed by atoms with Gasteiger partial charge in [0.1, 0.15) is 5.82 Å². The first-order valence-corrected chi connectivity index (χ1v) is 9.47. The number of hydrogen-bond donors (Lipinski definition) is 2. The van der Waals surface area contributed by atoms with Gasteiger partial charge in [-0.15, -0.1) is 24.0 Å². The van der Waals surface area contributed by atoms with Gasteiger partial charge in [-0.2, -0.15) is 0 Å². The fourth-order valence-electron chi connectivity index (χ4n) is 3.00. The summed E-state index contributed by atoms with van der Waals surface area (Å²) in [7, 11) is 9.01. The second kappa shape index (κ2) is 12.6. The Bertz CT molecular complexity index is 846. The van der Waals surface area contributed by atoms with E-state index < -0.39 is 0 Å². The number of guanidine groups is 1. The van der Waals surface area contributed by atoms with E-state index in [1.165, 1.54) is 0 Å². The molecule has 2 aromatic carbocycles. The number of likely N-dealkylation sites (N-methyl/N-ethyl adjacent to an activating group) is 1. The fourth-order valence-corrected chi connectivity index (χ4v) is 3.00. The third-order valence-corrected chi connectivity index (χ3v) is 4.80. The summed E-state index contributed by atoms with van der Waals surface area (Å²) in [6.07, 6.45) is 0. The summed E-state index contributed by atoms with van der Waals surface area (Å²) in [5.41, 5.74) is 2.59. The first-order valence-electron chi connectivity index (χ1n) is 9.47. The predicted molar refractivity (Wildman–Crippen MR) is 131 cm³/mol. The van der Waals surface area contributed by atoms with Crippen molar-refractivity contribution in [1.82, 2.24) is 15.5 Å². The number of aryl methyl sites for hydroxylation is 1. The number of ether oxygens (including phenoxy) is 2. The maximum atomic E-state index is 13.7. The van der Waals surface area contributed by atoms with E-state index in [1.54, 1.807) is 40.3 Å². The first kappa shape index (κ1) is 26.0. The maximum absolute atomic E-state index is 13.7. The van der Waals surface area contributed by atoms with Crippen LogP contribution in [0, 0.1) is 12.7 Å². The monoisotopic (exact) mass is 530 g/mol. The van der Waals surface area contributed by atoms with Crippen LogP contribution in [0.4, 0.5) is 4.39 Å². The molecule has 0 fully saturated rings. The van der Waals surface area contributed by atoms with Crippen molar-refractivity contribution < 1.29 is 13.9 Å². The summed E-state index contributed by atoms with van der Waals surface area (Å²) in [5, 5.41) is 6.57. The molecule has 0 aliphatic rings. The number of nitrogens with zero attached hydrogens (tertiary/aromatic N) is 2. The Labute approximate surface area is 195 Å². The Kier molecular flexibility index (Phi) is 10.9. The van der Waals surface area contributed by atoms with Gasteiger partial charge in [0.2, 0.25) is 0 Å². The molecule has 0 saturated heterocycles. The summed E-state index contributed by atoms with van der Waals surface area (Å²) < 4.78 is 24.5. The summed E-state index contributed by atoms with van der Waals surface area (Å²) in [6.45, 7) is 2.87. The van der Waals surface area contributed by atoms with Crippen molar-refractivity contribution in [2.24, 2.45) is 4.99 Å². The SMILES string of the molecule is CN=C(NCc1ccc(C)c(F)c1)NCC(c1ccc(OC)c(OC)c1)N(C)C.I. The number of halogens is 2. The molecule has 0 saturated carbocycles. The lowest BCUT2D eigenvalue weighted by Crippen LogP contribution is -2.41. The van der Waals surface area contributed by atoms with Crippen LogP contribution in [0.3, 0.4) is 0 Å². The topological polar surface area (TPSA) is 58.1 Å². The van der Waals surface area contributed by atoms with Gasteiger partial charge in [0.05, 0.1) is 20.3 Å². The molecule has 0 amide bonds. The van der Waals surface area contributed by atoms with Crippen LogP contribution < -0.4 is 20.1 Å². The molecule has 0 aromatic heterocycles. The standard InChI is InChI=1S/C22H31FN4O2.HI/c1-15-7-8-16(11-18(15)23)13-25-22(24-2)26-14-19(27(3)4)17-9-10-20(28-5)21(12-17)29-6;/h7-12,19H,13-14H2,1-6H3,(H2,24,25,26);1H. The van der Waals surface area contributed by atoms with E-state index in [-0.39, 0.29) is 35.8 Å². The summed E-state index contributed by atoms with van der Waals surface area (Å²) in [4.78, 5) is 6.39. The van der Waals surface area contributed by atoms with E-state index >= 15 is 0 Å². The summed E-state index contributed by atoms with van der Waals surface area (Å²) in [6, 6.07) is 11.2. The zero-order valence-corrected chi connectivity index (χ0v) is 20.8. The van der Waals surface area contributed by atoms with E-state index in [4.69, 9.17) is 9.47 Å². The Morgan fingerprint density at radius 2 is 1.77 bits per heavy atom. The molecule has 1 atom stereocenters. The Morgan fingerprint density at radius 1 is 1.07 bits per heavy atom. The van der Waals surface area contributed by atoms with Crippen molar-refractivity contribution in [3.63, 3.8) is 0 Å². The maximum Gasteiger partial charge on any atom is 0.191 e. The zero-order chi connectivity index (χ0) is 21.4. The van der Waals surface area contributed by atoms with Crippen LogP contribution in [0.2, 0.25) is 0 Å². The smallest absolute Gasteiger partial charge is 0.191 e. The molecule has 0 bridgehead atoms. The number of nitrogens with one attached hydrogen (secondary N) is 2. The molecule has 0 spiro atoms. The fraction of sp³-hybridized carbons (Fsp3) is 0.409. The van der Waals surface area contributed by atoms with E-state index in [2.05, 4.69) is 20.5 Å². The minimum Gasteiger partial charge on any atom is -0.493 e. The second-order valence-electron chi connectivity index (χ2n) is 6.98. The van der Waals surface area contributed by atoms with Crippen LogP contribution in [0.1, 0.15) is 22.7 Å². The van der Waals surface area contributed by atoms with Gasteiger partial charge in [0.15, 0.2) is 17.5 Å². The first-order chi connectivity index (χ1) is 13.9. The quantitative estimate of drug-likeness (QED) is 0.310. The van der Waals surface area contributed by atoms with Crippen LogP contribution in [-0.2, 0) is 6.54 Å². The normalized spacial score (nSPS) is 12.2. The molecule has 30 heavy (non-hydrogen) atoms. The number of rotatable bonds is 8. The highest BCUT2D eigenvalue weighted by Gasteiger charge is 2.17. The van der Waals surface area contributed by atoms with Crippen LogP contribution in [-0.4, -0.2) is 52.8 Å². The van der Waals surface area contributed by atoms with Crippen LogP contribution in [0.5, 0.6) is 11.5 Å². The van der Waals surface area contributed by atoms with Gasteiger partial charge in [0, 0.05) is 20.1 Å². The molecular weight excluding hydrogens is 498 g/mol. The molecular formula is C22H32FIN4O2. The Morgan fingerprint density at radius 3 is 2.33 bits per heavy atom. The van der Waals surface area contributed by atoms with Crippen molar-refractivity contribution in [3.05, 3.63) is 58.9 Å². The molecule has 1 unspecified atom stereocenters. The van der Waals surface area contributed by atoms with Crippen molar-refractivity contribution in [2.45, 2.75) is 19.5 Å². The minimum absolute atomic E-state index is 0. The lowest BCUT2D eigenvalue weighted by molar-refractivity contribution is 0.295. The minimum atomic E-state index is -0.201. The summed E-state index contributed by atoms with van der Waals surface area (Å²) >= 11 is 0. The van der Waals surface area contributed by atoms with Crippen molar-refractivity contribution in [3.8, 4) is 11.5 Å². The summed E-state index contributed by atoms with van der Waals surface area (Å²) in [5.74, 6) is 1.84. The molecule has 2 rings (SSSR count). The van der Waals surface area contributed by atoms with Gasteiger partial charge in [-0.05, 0) is 55.9 Å². The van der Waals surface area contributed by atoms with Crippen molar-refractivity contribution in [2.75, 3.05) is 41.9 Å². The predicted octanol–water partition coefficient (Wildman–Crippen LogP) is 3.74. The van der Waals surface area contributed by atoms with E-state index in [9.17, 15) is 4.39 Å². The molecule has 6 nitrogen and oxygen atoms in total. The highest BCUT2D eigenvalue weighted by atomic mass is 127. The van der Waals surface area contributed by atoms with Crippen molar-refractivity contribution in [1.29, 1.82) is 0 Å². The largest absolute Gasteiger partial charge is 0.493 e. The lowest BCUT2D eigenvalue weighted by Gasteiger charge is -2.26. The lowest BCUT2D eigenvalue weighted by atomic mass is 10.1. The van der Waals surface area contributed by atoms with Gasteiger partial charge < -0.3 is 25.0 Å². The molecule has 0 radical (unpaired) electrons. The Balaban J connectivity index is 0.00000450. The van der Waals surface area contributed by atoms with Gasteiger partial charge in [0.25, 0.3) is 0 Å². The molecule has 0 aliphatic heterocycles. The van der Waals surface area contributed by atoms with Gasteiger partial charge in [-0.25, -0.2) is 4.39 Å². The molecule has 166 valence electrons. The molecule has 0 heterocycles. The highest BCUT2D eigenvalue weighted by molar-refractivity contribution is 14.0. The highest BCUT2D eigenvalue weighted by Crippen LogP contribution is 2.31. The average Bonchev–Trinajstić information content (AvgIpc) is 2.72. The molecule has 2 N–H and O–H groups in total. The Hall–Kier alpha value is -2.07. The van der Waals surface area contributed by atoms with Gasteiger partial charge in [-0.1, -0.05) is 18.2 Å². The number of hydrogen-bond acceptors (Lipinski definition) is 4. The number of aliphatic imine (C=N–C) groups is 1. The molecule has 2 aromatic rings. The van der Waals surface area contributed by atoms with Gasteiger partial charge >= 0.3 is 0 Å². The third-order valence-electron chi connectivity index (χ3n) is 4.80. The van der Waals surface area contributed by atoms with Gasteiger partial charge in [-0.3, -0.25) is 4.99 Å². The third kappa shape index (κ3) is 7.02. The van der Waals surface area contributed by atoms with Crippen LogP contribution in [0.25, 0.3) is 0 Å². The molecule has 0 aliphatic carbocycles. The average molecular weight is 530 g/mol. The number of methoxy groups -OCH3 is 2. The van der Waals surface area contributed by atoms with E-state index in [1.807, 2.05) is 38.4 Å². The molecule has 8 heteroatoms. The number of benzene rings is 2. The zero-order valence-electron chi connectivity index (χ0n) is 18.5. The van der Waals surface area contributed by atoms with Crippen LogP contribution in [0.15, 0.2) is 41.4 Å². The van der Waals surface area contributed by atoms with E-state index in [0.717, 1.165) is 11.1 Å². The van der Waals surface area contributed by atoms with E-state index in [0.29, 0.717) is 36.1 Å². The second-order valence-corrected chi connectivity index (χ2v) is 6.98.